The Hall–Kier alpha value is -2.80. The molecule has 156 valence electrons. The highest BCUT2D eigenvalue weighted by atomic mass is 32.2. The van der Waals surface area contributed by atoms with Crippen molar-refractivity contribution in [2.24, 2.45) is 5.92 Å². The molecule has 0 N–H and O–H groups in total. The van der Waals surface area contributed by atoms with Crippen LogP contribution in [0.1, 0.15) is 31.4 Å². The fourth-order valence-electron chi connectivity index (χ4n) is 3.49. The summed E-state index contributed by atoms with van der Waals surface area (Å²) in [5.41, 5.74) is 3.05. The van der Waals surface area contributed by atoms with Gasteiger partial charge in [-0.2, -0.15) is 0 Å². The van der Waals surface area contributed by atoms with Crippen molar-refractivity contribution in [2.75, 3.05) is 7.11 Å². The number of rotatable bonds is 7. The van der Waals surface area contributed by atoms with Crippen LogP contribution in [-0.4, -0.2) is 26.3 Å². The highest BCUT2D eigenvalue weighted by Gasteiger charge is 2.17. The van der Waals surface area contributed by atoms with Crippen molar-refractivity contribution in [3.8, 4) is 5.75 Å². The number of aromatic nitrogens is 4. The summed E-state index contributed by atoms with van der Waals surface area (Å²) in [6.45, 7) is 6.95. The number of methoxy groups -OCH3 is 1. The summed E-state index contributed by atoms with van der Waals surface area (Å²) in [6.07, 6.45) is 0.909. The lowest BCUT2D eigenvalue weighted by atomic mass is 10.1. The Balaban J connectivity index is 1.81. The lowest BCUT2D eigenvalue weighted by Gasteiger charge is -2.13. The van der Waals surface area contributed by atoms with E-state index in [0.29, 0.717) is 23.6 Å². The van der Waals surface area contributed by atoms with Crippen molar-refractivity contribution in [3.05, 3.63) is 63.9 Å². The molecule has 2 heterocycles. The second kappa shape index (κ2) is 8.52. The lowest BCUT2D eigenvalue weighted by molar-refractivity contribution is 0.414. The summed E-state index contributed by atoms with van der Waals surface area (Å²) in [6, 6.07) is 14.0. The molecule has 4 rings (SSSR count). The zero-order valence-corrected chi connectivity index (χ0v) is 18.6. The van der Waals surface area contributed by atoms with Gasteiger partial charge in [-0.15, -0.1) is 10.2 Å². The topological polar surface area (TPSA) is 61.4 Å². The highest BCUT2D eigenvalue weighted by Crippen LogP contribution is 2.26. The van der Waals surface area contributed by atoms with E-state index in [2.05, 4.69) is 30.1 Å². The lowest BCUT2D eigenvalue weighted by Crippen LogP contribution is -2.24. The minimum absolute atomic E-state index is 0.00130. The molecule has 6 nitrogen and oxygen atoms in total. The molecule has 0 radical (unpaired) electrons. The van der Waals surface area contributed by atoms with E-state index in [1.807, 2.05) is 47.7 Å². The van der Waals surface area contributed by atoms with Gasteiger partial charge in [0, 0.05) is 12.3 Å². The SMILES string of the molecule is COc1cccc(CSc2nnc3n(CCC(C)C)c(=O)c4cc(C)ccc4n23)c1. The molecule has 0 amide bonds. The summed E-state index contributed by atoms with van der Waals surface area (Å²) in [5, 5.41) is 10.3. The van der Waals surface area contributed by atoms with Gasteiger partial charge in [-0.1, -0.05) is 49.4 Å². The van der Waals surface area contributed by atoms with Gasteiger partial charge in [0.2, 0.25) is 5.78 Å². The Morgan fingerprint density at radius 1 is 1.13 bits per heavy atom. The van der Waals surface area contributed by atoms with Crippen LogP contribution >= 0.6 is 11.8 Å². The van der Waals surface area contributed by atoms with Gasteiger partial charge >= 0.3 is 0 Å². The Kier molecular flexibility index (Phi) is 5.81. The molecular weight excluding hydrogens is 396 g/mol. The van der Waals surface area contributed by atoms with Gasteiger partial charge in [0.25, 0.3) is 5.56 Å². The van der Waals surface area contributed by atoms with Crippen LogP contribution in [0.2, 0.25) is 0 Å². The number of hydrogen-bond acceptors (Lipinski definition) is 5. The van der Waals surface area contributed by atoms with Gasteiger partial charge in [0.15, 0.2) is 5.16 Å². The minimum Gasteiger partial charge on any atom is -0.497 e. The third-order valence-corrected chi connectivity index (χ3v) is 6.16. The van der Waals surface area contributed by atoms with Gasteiger partial charge in [0.05, 0.1) is 18.0 Å². The molecule has 0 aliphatic carbocycles. The number of aryl methyl sites for hydroxylation is 2. The summed E-state index contributed by atoms with van der Waals surface area (Å²) < 4.78 is 9.11. The van der Waals surface area contributed by atoms with Crippen LogP contribution in [0.3, 0.4) is 0 Å². The second-order valence-electron chi connectivity index (χ2n) is 7.92. The Bertz CT molecular complexity index is 1260. The third-order valence-electron chi connectivity index (χ3n) is 5.16. The Morgan fingerprint density at radius 2 is 1.97 bits per heavy atom. The number of ether oxygens (including phenoxy) is 1. The van der Waals surface area contributed by atoms with E-state index >= 15 is 0 Å². The van der Waals surface area contributed by atoms with E-state index in [4.69, 9.17) is 4.74 Å². The quantitative estimate of drug-likeness (QED) is 0.404. The predicted molar refractivity (Wildman–Crippen MR) is 122 cm³/mol. The Labute approximate surface area is 179 Å². The molecule has 2 aromatic carbocycles. The number of hydrogen-bond donors (Lipinski definition) is 0. The molecule has 0 saturated carbocycles. The van der Waals surface area contributed by atoms with E-state index in [-0.39, 0.29) is 5.56 Å². The smallest absolute Gasteiger partial charge is 0.262 e. The van der Waals surface area contributed by atoms with Gasteiger partial charge in [-0.05, 0) is 49.1 Å². The standard InChI is InChI=1S/C23H26N4O2S/c1-15(2)10-11-26-21(28)19-12-16(3)8-9-20(19)27-22(26)24-25-23(27)30-14-17-6-5-7-18(13-17)29-4/h5-9,12-13,15H,10-11,14H2,1-4H3. The van der Waals surface area contributed by atoms with Gasteiger partial charge in [-0.25, -0.2) is 0 Å². The van der Waals surface area contributed by atoms with E-state index in [1.165, 1.54) is 0 Å². The molecular formula is C23H26N4O2S. The zero-order chi connectivity index (χ0) is 21.3. The molecule has 0 spiro atoms. The number of nitrogens with zero attached hydrogens (tertiary/aromatic N) is 4. The predicted octanol–water partition coefficient (Wildman–Crippen LogP) is 4.70. The van der Waals surface area contributed by atoms with Crippen molar-refractivity contribution in [2.45, 2.75) is 44.6 Å². The Morgan fingerprint density at radius 3 is 2.73 bits per heavy atom. The first kappa shape index (κ1) is 20.5. The molecule has 0 aliphatic heterocycles. The van der Waals surface area contributed by atoms with Crippen molar-refractivity contribution in [1.82, 2.24) is 19.2 Å². The molecule has 4 aromatic rings. The fourth-order valence-corrected chi connectivity index (χ4v) is 4.38. The van der Waals surface area contributed by atoms with Crippen molar-refractivity contribution < 1.29 is 4.74 Å². The van der Waals surface area contributed by atoms with Gasteiger partial charge in [-0.3, -0.25) is 13.8 Å². The average Bonchev–Trinajstić information content (AvgIpc) is 3.16. The number of fused-ring (bicyclic) bond motifs is 3. The van der Waals surface area contributed by atoms with E-state index in [0.717, 1.165) is 39.7 Å². The number of benzene rings is 2. The molecule has 0 bridgehead atoms. The maximum atomic E-state index is 13.2. The third kappa shape index (κ3) is 3.94. The monoisotopic (exact) mass is 422 g/mol. The van der Waals surface area contributed by atoms with Crippen LogP contribution in [0.25, 0.3) is 16.7 Å². The molecule has 0 unspecified atom stereocenters. The highest BCUT2D eigenvalue weighted by molar-refractivity contribution is 7.98. The molecule has 2 aromatic heterocycles. The maximum Gasteiger partial charge on any atom is 0.262 e. The van der Waals surface area contributed by atoms with E-state index in [1.54, 1.807) is 23.4 Å². The van der Waals surface area contributed by atoms with Crippen molar-refractivity contribution in [1.29, 1.82) is 0 Å². The maximum absolute atomic E-state index is 13.2. The van der Waals surface area contributed by atoms with Crippen LogP contribution in [-0.2, 0) is 12.3 Å². The first-order valence-electron chi connectivity index (χ1n) is 10.1. The number of thioether (sulfide) groups is 1. The molecule has 0 saturated heterocycles. The largest absolute Gasteiger partial charge is 0.497 e. The van der Waals surface area contributed by atoms with Crippen LogP contribution in [0.4, 0.5) is 0 Å². The summed E-state index contributed by atoms with van der Waals surface area (Å²) in [5.74, 6) is 2.67. The van der Waals surface area contributed by atoms with Crippen LogP contribution in [0.5, 0.6) is 5.75 Å². The van der Waals surface area contributed by atoms with Gasteiger partial charge in [0.1, 0.15) is 5.75 Å². The summed E-state index contributed by atoms with van der Waals surface area (Å²) in [4.78, 5) is 13.2. The average molecular weight is 423 g/mol. The van der Waals surface area contributed by atoms with E-state index < -0.39 is 0 Å². The molecule has 0 atom stereocenters. The summed E-state index contributed by atoms with van der Waals surface area (Å²) in [7, 11) is 1.67. The second-order valence-corrected chi connectivity index (χ2v) is 8.86. The normalized spacial score (nSPS) is 11.6. The van der Waals surface area contributed by atoms with Crippen LogP contribution in [0, 0.1) is 12.8 Å². The van der Waals surface area contributed by atoms with Gasteiger partial charge < -0.3 is 4.74 Å². The van der Waals surface area contributed by atoms with Crippen molar-refractivity contribution in [3.63, 3.8) is 0 Å². The van der Waals surface area contributed by atoms with Crippen molar-refractivity contribution >= 4 is 28.4 Å². The molecule has 7 heteroatoms. The minimum atomic E-state index is -0.00130. The van der Waals surface area contributed by atoms with Crippen LogP contribution in [0.15, 0.2) is 52.4 Å². The first-order valence-corrected chi connectivity index (χ1v) is 11.1. The van der Waals surface area contributed by atoms with E-state index in [9.17, 15) is 4.79 Å². The molecule has 0 aliphatic rings. The molecule has 30 heavy (non-hydrogen) atoms. The fraction of sp³-hybridized carbons (Fsp3) is 0.348. The van der Waals surface area contributed by atoms with Crippen LogP contribution < -0.4 is 10.3 Å². The molecule has 0 fully saturated rings. The zero-order valence-electron chi connectivity index (χ0n) is 17.8. The first-order chi connectivity index (χ1) is 14.5. The summed E-state index contributed by atoms with van der Waals surface area (Å²) >= 11 is 1.61.